The second kappa shape index (κ2) is 9.69. The molecule has 3 aromatic rings. The number of nitrogens with zero attached hydrogens (tertiary/aromatic N) is 1. The summed E-state index contributed by atoms with van der Waals surface area (Å²) in [7, 11) is 3.06. The molecule has 1 saturated heterocycles. The van der Waals surface area contributed by atoms with Crippen LogP contribution in [0.15, 0.2) is 72.8 Å². The number of hydrogen-bond acceptors (Lipinski definition) is 4. The van der Waals surface area contributed by atoms with Crippen molar-refractivity contribution in [3.05, 3.63) is 83.9 Å². The normalized spacial score (nSPS) is 17.9. The topological polar surface area (TPSA) is 67.9 Å². The number of ether oxygens (including phenoxy) is 2. The highest BCUT2D eigenvalue weighted by Gasteiger charge is 2.45. The van der Waals surface area contributed by atoms with Crippen molar-refractivity contribution < 1.29 is 32.2 Å². The molecule has 1 fully saturated rings. The van der Waals surface area contributed by atoms with E-state index in [0.29, 0.717) is 22.7 Å². The van der Waals surface area contributed by atoms with Gasteiger partial charge in [0.05, 0.1) is 31.7 Å². The summed E-state index contributed by atoms with van der Waals surface area (Å²) in [6.07, 6.45) is -4.64. The van der Waals surface area contributed by atoms with Crippen molar-refractivity contribution in [3.63, 3.8) is 0 Å². The minimum absolute atomic E-state index is 0.00801. The molecule has 1 heterocycles. The zero-order valence-corrected chi connectivity index (χ0v) is 19.0. The van der Waals surface area contributed by atoms with E-state index in [0.717, 1.165) is 12.1 Å². The molecule has 0 spiro atoms. The van der Waals surface area contributed by atoms with E-state index in [-0.39, 0.29) is 18.0 Å². The van der Waals surface area contributed by atoms with Crippen molar-refractivity contribution >= 4 is 23.2 Å². The molecule has 1 N–H and O–H groups in total. The van der Waals surface area contributed by atoms with Crippen LogP contribution in [0.4, 0.5) is 24.5 Å². The Balaban J connectivity index is 1.69. The number of alkyl halides is 3. The quantitative estimate of drug-likeness (QED) is 0.505. The first kappa shape index (κ1) is 24.1. The van der Waals surface area contributed by atoms with Gasteiger partial charge in [-0.2, -0.15) is 13.2 Å². The molecule has 1 aliphatic rings. The Kier molecular flexibility index (Phi) is 6.68. The van der Waals surface area contributed by atoms with Crippen LogP contribution in [0, 0.1) is 5.92 Å². The number of rotatable bonds is 6. The minimum Gasteiger partial charge on any atom is -0.497 e. The maximum absolute atomic E-state index is 13.3. The van der Waals surface area contributed by atoms with Gasteiger partial charge in [-0.25, -0.2) is 0 Å². The summed E-state index contributed by atoms with van der Waals surface area (Å²) in [5.41, 5.74) is 0.403. The van der Waals surface area contributed by atoms with Crippen LogP contribution in [0.1, 0.15) is 23.6 Å². The largest absolute Gasteiger partial charge is 0.497 e. The van der Waals surface area contributed by atoms with Crippen LogP contribution >= 0.6 is 0 Å². The van der Waals surface area contributed by atoms with Gasteiger partial charge in [-0.05, 0) is 60.2 Å². The molecule has 2 amide bonds. The van der Waals surface area contributed by atoms with E-state index in [1.54, 1.807) is 48.5 Å². The van der Waals surface area contributed by atoms with Crippen LogP contribution in [0.2, 0.25) is 0 Å². The van der Waals surface area contributed by atoms with Crippen molar-refractivity contribution in [2.45, 2.75) is 18.6 Å². The summed E-state index contributed by atoms with van der Waals surface area (Å²) in [5.74, 6) is -0.443. The Morgan fingerprint density at radius 2 is 1.54 bits per heavy atom. The summed E-state index contributed by atoms with van der Waals surface area (Å²) in [4.78, 5) is 28.0. The molecule has 0 aromatic heterocycles. The van der Waals surface area contributed by atoms with Crippen LogP contribution in [-0.2, 0) is 15.8 Å². The third-order valence-corrected chi connectivity index (χ3v) is 5.92. The maximum atomic E-state index is 13.3. The maximum Gasteiger partial charge on any atom is 0.416 e. The van der Waals surface area contributed by atoms with Crippen LogP contribution in [-0.4, -0.2) is 26.0 Å². The molecule has 0 bridgehead atoms. The number of anilines is 2. The molecule has 9 heteroatoms. The molecular formula is C26H23F3N2O4. The first-order valence-electron chi connectivity index (χ1n) is 10.8. The number of hydrogen-bond donors (Lipinski definition) is 1. The highest BCUT2D eigenvalue weighted by Crippen LogP contribution is 2.43. The summed E-state index contributed by atoms with van der Waals surface area (Å²) in [6.45, 7) is 0. The van der Waals surface area contributed by atoms with Gasteiger partial charge < -0.3 is 19.7 Å². The van der Waals surface area contributed by atoms with Gasteiger partial charge in [0.2, 0.25) is 11.8 Å². The average Bonchev–Trinajstić information content (AvgIpc) is 3.21. The Morgan fingerprint density at radius 1 is 0.943 bits per heavy atom. The molecule has 182 valence electrons. The molecule has 2 atom stereocenters. The Morgan fingerprint density at radius 3 is 2.11 bits per heavy atom. The van der Waals surface area contributed by atoms with Crippen LogP contribution in [0.25, 0.3) is 0 Å². The third-order valence-electron chi connectivity index (χ3n) is 5.92. The molecule has 4 rings (SSSR count). The second-order valence-electron chi connectivity index (χ2n) is 8.06. The van der Waals surface area contributed by atoms with E-state index < -0.39 is 29.6 Å². The van der Waals surface area contributed by atoms with Gasteiger partial charge in [0.25, 0.3) is 0 Å². The molecule has 0 radical (unpaired) electrons. The zero-order chi connectivity index (χ0) is 25.2. The van der Waals surface area contributed by atoms with Gasteiger partial charge in [-0.15, -0.1) is 0 Å². The fourth-order valence-corrected chi connectivity index (χ4v) is 4.21. The van der Waals surface area contributed by atoms with Gasteiger partial charge in [0.1, 0.15) is 11.5 Å². The molecule has 0 aliphatic carbocycles. The van der Waals surface area contributed by atoms with Gasteiger partial charge in [-0.1, -0.05) is 18.2 Å². The van der Waals surface area contributed by atoms with E-state index >= 15 is 0 Å². The predicted octanol–water partition coefficient (Wildman–Crippen LogP) is 5.46. The lowest BCUT2D eigenvalue weighted by atomic mass is 9.92. The predicted molar refractivity (Wildman–Crippen MR) is 124 cm³/mol. The lowest BCUT2D eigenvalue weighted by Gasteiger charge is -2.28. The Bertz CT molecular complexity index is 1210. The molecule has 2 unspecified atom stereocenters. The molecule has 6 nitrogen and oxygen atoms in total. The molecule has 0 saturated carbocycles. The van der Waals surface area contributed by atoms with Gasteiger partial charge >= 0.3 is 6.18 Å². The highest BCUT2D eigenvalue weighted by atomic mass is 19.4. The van der Waals surface area contributed by atoms with Crippen molar-refractivity contribution in [1.82, 2.24) is 0 Å². The second-order valence-corrected chi connectivity index (χ2v) is 8.06. The lowest BCUT2D eigenvalue weighted by molar-refractivity contribution is -0.137. The fourth-order valence-electron chi connectivity index (χ4n) is 4.21. The van der Waals surface area contributed by atoms with Crippen LogP contribution in [0.3, 0.4) is 0 Å². The van der Waals surface area contributed by atoms with E-state index in [9.17, 15) is 22.8 Å². The number of carbonyl (C=O) groups excluding carboxylic acids is 2. The van der Waals surface area contributed by atoms with Crippen LogP contribution < -0.4 is 19.7 Å². The van der Waals surface area contributed by atoms with E-state index in [1.807, 2.05) is 0 Å². The van der Waals surface area contributed by atoms with Crippen molar-refractivity contribution in [1.29, 1.82) is 0 Å². The third kappa shape index (κ3) is 5.08. The molecule has 1 aliphatic heterocycles. The molecular weight excluding hydrogens is 461 g/mol. The first-order valence-corrected chi connectivity index (χ1v) is 10.8. The number of carbonyl (C=O) groups is 2. The first-order chi connectivity index (χ1) is 16.7. The smallest absolute Gasteiger partial charge is 0.416 e. The summed E-state index contributed by atoms with van der Waals surface area (Å²) in [5, 5.41) is 2.57. The SMILES string of the molecule is COc1ccc(C2C(C(=O)Nc3cccc(C(F)(F)F)c3)CC(=O)N2c2ccc(OC)cc2)cc1. The number of methoxy groups -OCH3 is 2. The van der Waals surface area contributed by atoms with E-state index in [4.69, 9.17) is 9.47 Å². The summed E-state index contributed by atoms with van der Waals surface area (Å²) < 4.78 is 49.7. The molecule has 35 heavy (non-hydrogen) atoms. The summed E-state index contributed by atoms with van der Waals surface area (Å²) in [6, 6.07) is 17.6. The minimum atomic E-state index is -4.54. The Hall–Kier alpha value is -4.01. The number of halogens is 3. The van der Waals surface area contributed by atoms with Crippen LogP contribution in [0.5, 0.6) is 11.5 Å². The Labute approximate surface area is 200 Å². The fraction of sp³-hybridized carbons (Fsp3) is 0.231. The van der Waals surface area contributed by atoms with Crippen molar-refractivity contribution in [3.8, 4) is 11.5 Å². The van der Waals surface area contributed by atoms with Gasteiger partial charge in [0, 0.05) is 17.8 Å². The number of benzene rings is 3. The van der Waals surface area contributed by atoms with Gasteiger partial charge in [0.15, 0.2) is 0 Å². The van der Waals surface area contributed by atoms with E-state index in [1.165, 1.54) is 31.3 Å². The molecule has 3 aromatic carbocycles. The van der Waals surface area contributed by atoms with Crippen molar-refractivity contribution in [2.75, 3.05) is 24.4 Å². The van der Waals surface area contributed by atoms with Gasteiger partial charge in [-0.3, -0.25) is 9.59 Å². The number of amides is 2. The zero-order valence-electron chi connectivity index (χ0n) is 19.0. The lowest BCUT2D eigenvalue weighted by Crippen LogP contribution is -2.32. The monoisotopic (exact) mass is 484 g/mol. The summed E-state index contributed by atoms with van der Waals surface area (Å²) >= 11 is 0. The standard InChI is InChI=1S/C26H23F3N2O4/c1-34-20-10-6-16(7-11-20)24-22(15-23(32)31(24)19-8-12-21(35-2)13-9-19)25(33)30-18-5-3-4-17(14-18)26(27,28)29/h3-14,22,24H,15H2,1-2H3,(H,30,33). The average molecular weight is 484 g/mol. The van der Waals surface area contributed by atoms with Crippen molar-refractivity contribution in [2.24, 2.45) is 5.92 Å². The number of nitrogens with one attached hydrogen (secondary N) is 1. The van der Waals surface area contributed by atoms with E-state index in [2.05, 4.69) is 5.32 Å². The highest BCUT2D eigenvalue weighted by molar-refractivity contribution is 6.04.